The first-order chi connectivity index (χ1) is 10.2. The number of alkyl halides is 3. The normalized spacial score (nSPS) is 12.2. The quantitative estimate of drug-likeness (QED) is 0.780. The lowest BCUT2D eigenvalue weighted by Gasteiger charge is -2.12. The molecule has 0 N–H and O–H groups in total. The van der Waals surface area contributed by atoms with Crippen molar-refractivity contribution in [1.82, 2.24) is 9.55 Å². The smallest absolute Gasteiger partial charge is 0.380 e. The van der Waals surface area contributed by atoms with Crippen molar-refractivity contribution in [3.8, 4) is 11.4 Å². The number of methoxy groups -OCH3 is 1. The van der Waals surface area contributed by atoms with Crippen molar-refractivity contribution < 1.29 is 22.3 Å². The lowest BCUT2D eigenvalue weighted by atomic mass is 10.1. The maximum absolute atomic E-state index is 14.0. The summed E-state index contributed by atoms with van der Waals surface area (Å²) in [6, 6.07) is 3.97. The van der Waals surface area contributed by atoms with E-state index in [0.29, 0.717) is 11.1 Å². The van der Waals surface area contributed by atoms with Gasteiger partial charge < -0.3 is 9.30 Å². The maximum Gasteiger partial charge on any atom is 0.434 e. The highest BCUT2D eigenvalue weighted by Gasteiger charge is 2.35. The Bertz CT molecular complexity index is 662. The number of nitrogens with zero attached hydrogens (tertiary/aromatic N) is 2. The first-order valence-electron chi connectivity index (χ1n) is 6.68. The number of halogens is 4. The van der Waals surface area contributed by atoms with Crippen molar-refractivity contribution in [2.24, 2.45) is 0 Å². The van der Waals surface area contributed by atoms with Crippen LogP contribution in [0.3, 0.4) is 0 Å². The van der Waals surface area contributed by atoms with Gasteiger partial charge in [-0.25, -0.2) is 9.37 Å². The van der Waals surface area contributed by atoms with E-state index in [9.17, 15) is 17.6 Å². The molecule has 0 unspecified atom stereocenters. The lowest BCUT2D eigenvalue weighted by molar-refractivity contribution is -0.140. The van der Waals surface area contributed by atoms with Gasteiger partial charge in [0.1, 0.15) is 11.6 Å². The van der Waals surface area contributed by atoms with E-state index in [1.807, 2.05) is 0 Å². The third-order valence-corrected chi connectivity index (χ3v) is 3.19. The van der Waals surface area contributed by atoms with E-state index < -0.39 is 17.7 Å². The van der Waals surface area contributed by atoms with E-state index >= 15 is 0 Å². The molecule has 0 radical (unpaired) electrons. The Balaban J connectivity index is 2.52. The van der Waals surface area contributed by atoms with Gasteiger partial charge in [0.2, 0.25) is 0 Å². The Morgan fingerprint density at radius 3 is 2.45 bits per heavy atom. The second kappa shape index (κ2) is 6.08. The van der Waals surface area contributed by atoms with Crippen LogP contribution in [0.4, 0.5) is 17.6 Å². The molecule has 0 bridgehead atoms. The minimum absolute atomic E-state index is 0.0881. The standard InChI is InChI=1S/C15H16F4N2O/c1-9(2)21-7-13(15(17,18)19)20-14(21)10-4-5-11(8-22-3)12(16)6-10/h4-7,9H,8H2,1-3H3. The van der Waals surface area contributed by atoms with Gasteiger partial charge in [0, 0.05) is 30.5 Å². The summed E-state index contributed by atoms with van der Waals surface area (Å²) < 4.78 is 58.7. The molecule has 0 amide bonds. The Morgan fingerprint density at radius 2 is 1.95 bits per heavy atom. The molecule has 22 heavy (non-hydrogen) atoms. The van der Waals surface area contributed by atoms with Crippen LogP contribution in [-0.2, 0) is 17.5 Å². The van der Waals surface area contributed by atoms with Crippen LogP contribution in [0, 0.1) is 5.82 Å². The highest BCUT2D eigenvalue weighted by atomic mass is 19.4. The number of benzene rings is 1. The topological polar surface area (TPSA) is 27.1 Å². The SMILES string of the molecule is COCc1ccc(-c2nc(C(F)(F)F)cn2C(C)C)cc1F. The minimum Gasteiger partial charge on any atom is -0.380 e. The molecule has 1 aromatic heterocycles. The van der Waals surface area contributed by atoms with E-state index in [-0.39, 0.29) is 18.5 Å². The van der Waals surface area contributed by atoms with Crippen LogP contribution in [0.15, 0.2) is 24.4 Å². The van der Waals surface area contributed by atoms with Gasteiger partial charge in [-0.15, -0.1) is 0 Å². The molecule has 7 heteroatoms. The zero-order valence-corrected chi connectivity index (χ0v) is 12.4. The molecule has 0 aliphatic heterocycles. The number of rotatable bonds is 4. The fourth-order valence-electron chi connectivity index (χ4n) is 2.10. The molecule has 0 fully saturated rings. The van der Waals surface area contributed by atoms with E-state index in [1.54, 1.807) is 19.9 Å². The van der Waals surface area contributed by atoms with Crippen LogP contribution >= 0.6 is 0 Å². The second-order valence-electron chi connectivity index (χ2n) is 5.19. The largest absolute Gasteiger partial charge is 0.434 e. The molecule has 1 heterocycles. The van der Waals surface area contributed by atoms with E-state index in [1.165, 1.54) is 23.8 Å². The number of hydrogen-bond acceptors (Lipinski definition) is 2. The van der Waals surface area contributed by atoms with Gasteiger partial charge in [0.15, 0.2) is 5.69 Å². The Kier molecular flexibility index (Phi) is 4.55. The molecule has 3 nitrogen and oxygen atoms in total. The molecule has 120 valence electrons. The molecule has 0 spiro atoms. The summed E-state index contributed by atoms with van der Waals surface area (Å²) in [5.41, 5.74) is -0.357. The molecule has 0 saturated heterocycles. The monoisotopic (exact) mass is 316 g/mol. The third kappa shape index (κ3) is 3.30. The fraction of sp³-hybridized carbons (Fsp3) is 0.400. The Morgan fingerprint density at radius 1 is 1.27 bits per heavy atom. The average Bonchev–Trinajstić information content (AvgIpc) is 2.86. The van der Waals surface area contributed by atoms with Gasteiger partial charge in [0.25, 0.3) is 0 Å². The minimum atomic E-state index is -4.54. The number of hydrogen-bond donors (Lipinski definition) is 0. The summed E-state index contributed by atoms with van der Waals surface area (Å²) in [7, 11) is 1.44. The fourth-order valence-corrected chi connectivity index (χ4v) is 2.10. The van der Waals surface area contributed by atoms with Crippen LogP contribution in [0.1, 0.15) is 31.1 Å². The summed E-state index contributed by atoms with van der Waals surface area (Å²) >= 11 is 0. The Labute approximate surface area is 125 Å². The van der Waals surface area contributed by atoms with Gasteiger partial charge in [-0.2, -0.15) is 13.2 Å². The van der Waals surface area contributed by atoms with Crippen molar-refractivity contribution in [3.63, 3.8) is 0 Å². The van der Waals surface area contributed by atoms with Crippen molar-refractivity contribution in [1.29, 1.82) is 0 Å². The van der Waals surface area contributed by atoms with Crippen LogP contribution < -0.4 is 0 Å². The van der Waals surface area contributed by atoms with Gasteiger partial charge in [0.05, 0.1) is 6.61 Å². The van der Waals surface area contributed by atoms with Crippen LogP contribution in [0.5, 0.6) is 0 Å². The summed E-state index contributed by atoms with van der Waals surface area (Å²) in [4.78, 5) is 3.63. The zero-order chi connectivity index (χ0) is 16.5. The third-order valence-electron chi connectivity index (χ3n) is 3.19. The van der Waals surface area contributed by atoms with Crippen molar-refractivity contribution in [2.75, 3.05) is 7.11 Å². The van der Waals surface area contributed by atoms with Gasteiger partial charge in [-0.3, -0.25) is 0 Å². The van der Waals surface area contributed by atoms with E-state index in [0.717, 1.165) is 6.20 Å². The number of aromatic nitrogens is 2. The number of imidazole rings is 1. The summed E-state index contributed by atoms with van der Waals surface area (Å²) in [5, 5.41) is 0. The summed E-state index contributed by atoms with van der Waals surface area (Å²) in [6.07, 6.45) is -3.59. The molecular weight excluding hydrogens is 300 g/mol. The molecule has 2 aromatic rings. The molecule has 0 aliphatic rings. The van der Waals surface area contributed by atoms with Crippen LogP contribution in [0.25, 0.3) is 11.4 Å². The van der Waals surface area contributed by atoms with Crippen LogP contribution in [-0.4, -0.2) is 16.7 Å². The predicted molar refractivity (Wildman–Crippen MR) is 73.7 cm³/mol. The molecule has 0 aliphatic carbocycles. The Hall–Kier alpha value is -1.89. The van der Waals surface area contributed by atoms with Gasteiger partial charge in [-0.1, -0.05) is 12.1 Å². The molecule has 2 rings (SSSR count). The number of ether oxygens (including phenoxy) is 1. The average molecular weight is 316 g/mol. The van der Waals surface area contributed by atoms with Gasteiger partial charge >= 0.3 is 6.18 Å². The van der Waals surface area contributed by atoms with E-state index in [2.05, 4.69) is 4.98 Å². The molecule has 1 aromatic carbocycles. The maximum atomic E-state index is 14.0. The van der Waals surface area contributed by atoms with E-state index in [4.69, 9.17) is 4.74 Å². The summed E-state index contributed by atoms with van der Waals surface area (Å²) in [5.74, 6) is -0.448. The molecular formula is C15H16F4N2O. The summed E-state index contributed by atoms with van der Waals surface area (Å²) in [6.45, 7) is 3.57. The molecule has 0 atom stereocenters. The highest BCUT2D eigenvalue weighted by Crippen LogP contribution is 2.32. The van der Waals surface area contributed by atoms with Crippen molar-refractivity contribution >= 4 is 0 Å². The zero-order valence-electron chi connectivity index (χ0n) is 12.4. The predicted octanol–water partition coefficient (Wildman–Crippen LogP) is 4.44. The van der Waals surface area contributed by atoms with Crippen molar-refractivity contribution in [2.45, 2.75) is 32.7 Å². The second-order valence-corrected chi connectivity index (χ2v) is 5.19. The van der Waals surface area contributed by atoms with Crippen molar-refractivity contribution in [3.05, 3.63) is 41.5 Å². The van der Waals surface area contributed by atoms with Crippen LogP contribution in [0.2, 0.25) is 0 Å². The van der Waals surface area contributed by atoms with Gasteiger partial charge in [-0.05, 0) is 19.9 Å². The highest BCUT2D eigenvalue weighted by molar-refractivity contribution is 5.57. The molecule has 0 saturated carbocycles. The lowest BCUT2D eigenvalue weighted by Crippen LogP contribution is -2.05. The first kappa shape index (κ1) is 16.5. The first-order valence-corrected chi connectivity index (χ1v) is 6.68.